The largest absolute Gasteiger partial charge is 0.302 e. The summed E-state index contributed by atoms with van der Waals surface area (Å²) in [6, 6.07) is 5.91. The molecule has 0 atom stereocenters. The quantitative estimate of drug-likeness (QED) is 0.778. The molecule has 21 heavy (non-hydrogen) atoms. The van der Waals surface area contributed by atoms with Gasteiger partial charge in [-0.25, -0.2) is 0 Å². The van der Waals surface area contributed by atoms with E-state index in [0.29, 0.717) is 22.5 Å². The molecule has 2 saturated carbocycles. The Bertz CT molecular complexity index is 707. The zero-order chi connectivity index (χ0) is 14.4. The number of carbonyl (C=O) groups excluding carboxylic acids is 1. The first-order chi connectivity index (χ1) is 10.3. The van der Waals surface area contributed by atoms with Crippen molar-refractivity contribution in [1.82, 2.24) is 14.8 Å². The minimum atomic E-state index is 0.546. The van der Waals surface area contributed by atoms with Gasteiger partial charge in [0.25, 0.3) is 0 Å². The molecule has 0 unspecified atom stereocenters. The van der Waals surface area contributed by atoms with Gasteiger partial charge >= 0.3 is 0 Å². The molecule has 0 N–H and O–H groups in total. The molecule has 1 aromatic carbocycles. The average Bonchev–Trinajstić information content (AvgIpc) is 3.40. The Morgan fingerprint density at radius 3 is 2.71 bits per heavy atom. The maximum atomic E-state index is 11.2. The Kier molecular flexibility index (Phi) is 3.27. The number of aldehydes is 1. The molecular formula is C15H14ClN3OS. The molecular weight excluding hydrogens is 306 g/mol. The van der Waals surface area contributed by atoms with Crippen molar-refractivity contribution >= 4 is 29.6 Å². The van der Waals surface area contributed by atoms with Crippen LogP contribution >= 0.6 is 23.4 Å². The van der Waals surface area contributed by atoms with Crippen LogP contribution in [0, 0.1) is 0 Å². The first-order valence-corrected chi connectivity index (χ1v) is 8.33. The molecule has 0 saturated heterocycles. The Hall–Kier alpha value is -1.33. The third kappa shape index (κ3) is 2.60. The summed E-state index contributed by atoms with van der Waals surface area (Å²) in [5.41, 5.74) is 0.603. The lowest BCUT2D eigenvalue weighted by atomic mass is 10.2. The summed E-state index contributed by atoms with van der Waals surface area (Å²) >= 11 is 7.45. The predicted octanol–water partition coefficient (Wildman–Crippen LogP) is 4.11. The summed E-state index contributed by atoms with van der Waals surface area (Å²) in [6.07, 6.45) is 5.68. The molecule has 108 valence electrons. The smallest absolute Gasteiger partial charge is 0.196 e. The lowest BCUT2D eigenvalue weighted by Crippen LogP contribution is -2.02. The van der Waals surface area contributed by atoms with Crippen molar-refractivity contribution in [2.75, 3.05) is 0 Å². The molecule has 2 aromatic rings. The van der Waals surface area contributed by atoms with Gasteiger partial charge in [0.1, 0.15) is 5.82 Å². The van der Waals surface area contributed by atoms with Gasteiger partial charge in [-0.1, -0.05) is 11.6 Å². The number of rotatable bonds is 5. The van der Waals surface area contributed by atoms with Crippen LogP contribution in [0.4, 0.5) is 0 Å². The summed E-state index contributed by atoms with van der Waals surface area (Å²) < 4.78 is 2.28. The highest BCUT2D eigenvalue weighted by Crippen LogP contribution is 2.46. The minimum Gasteiger partial charge on any atom is -0.302 e. The summed E-state index contributed by atoms with van der Waals surface area (Å²) in [6.45, 7) is 0. The van der Waals surface area contributed by atoms with Gasteiger partial charge in [-0.05, 0) is 55.6 Å². The van der Waals surface area contributed by atoms with Crippen molar-refractivity contribution in [3.63, 3.8) is 0 Å². The second-order valence-electron chi connectivity index (χ2n) is 5.62. The second-order valence-corrected chi connectivity index (χ2v) is 7.06. The van der Waals surface area contributed by atoms with Crippen molar-refractivity contribution in [3.05, 3.63) is 34.6 Å². The van der Waals surface area contributed by atoms with Crippen molar-refractivity contribution in [2.45, 2.75) is 47.7 Å². The molecule has 0 bridgehead atoms. The zero-order valence-corrected chi connectivity index (χ0v) is 12.9. The average molecular weight is 320 g/mol. The maximum Gasteiger partial charge on any atom is 0.196 e. The number of aromatic nitrogens is 3. The molecule has 0 spiro atoms. The Labute approximate surface area is 131 Å². The molecule has 1 heterocycles. The van der Waals surface area contributed by atoms with E-state index in [1.165, 1.54) is 37.4 Å². The maximum absolute atomic E-state index is 11.2. The van der Waals surface area contributed by atoms with Gasteiger partial charge in [0.15, 0.2) is 11.4 Å². The predicted molar refractivity (Wildman–Crippen MR) is 81.2 cm³/mol. The molecule has 4 nitrogen and oxygen atoms in total. The van der Waals surface area contributed by atoms with E-state index < -0.39 is 0 Å². The summed E-state index contributed by atoms with van der Waals surface area (Å²) in [5, 5.41) is 10.2. The first kappa shape index (κ1) is 13.3. The number of halogens is 1. The SMILES string of the molecule is O=Cc1cc(Cl)ccc1Sc1nnc(C2CC2)n1C1CC1. The van der Waals surface area contributed by atoms with Crippen LogP contribution in [0.15, 0.2) is 28.3 Å². The van der Waals surface area contributed by atoms with Crippen LogP contribution in [0.2, 0.25) is 5.02 Å². The topological polar surface area (TPSA) is 47.8 Å². The highest BCUT2D eigenvalue weighted by Gasteiger charge is 2.36. The number of benzene rings is 1. The van der Waals surface area contributed by atoms with Crippen LogP contribution in [0.5, 0.6) is 0 Å². The lowest BCUT2D eigenvalue weighted by molar-refractivity contribution is 0.112. The summed E-state index contributed by atoms with van der Waals surface area (Å²) in [7, 11) is 0. The molecule has 6 heteroatoms. The van der Waals surface area contributed by atoms with Crippen molar-refractivity contribution in [2.24, 2.45) is 0 Å². The van der Waals surface area contributed by atoms with Gasteiger partial charge in [0, 0.05) is 27.4 Å². The number of carbonyl (C=O) groups is 1. The van der Waals surface area contributed by atoms with E-state index in [0.717, 1.165) is 22.2 Å². The van der Waals surface area contributed by atoms with Gasteiger partial charge in [-0.2, -0.15) is 0 Å². The van der Waals surface area contributed by atoms with Gasteiger partial charge in [0.2, 0.25) is 0 Å². The molecule has 2 fully saturated rings. The highest BCUT2D eigenvalue weighted by atomic mass is 35.5. The summed E-state index contributed by atoms with van der Waals surface area (Å²) in [5.74, 6) is 1.71. The molecule has 2 aliphatic carbocycles. The zero-order valence-electron chi connectivity index (χ0n) is 11.3. The molecule has 0 aliphatic heterocycles. The standard InChI is InChI=1S/C15H14ClN3OS/c16-11-3-6-13(10(7-11)8-20)21-15-18-17-14(9-1-2-9)19(15)12-4-5-12/h3,6-9,12H,1-2,4-5H2. The van der Waals surface area contributed by atoms with E-state index in [1.54, 1.807) is 12.1 Å². The third-order valence-electron chi connectivity index (χ3n) is 3.85. The van der Waals surface area contributed by atoms with E-state index >= 15 is 0 Å². The fraction of sp³-hybridized carbons (Fsp3) is 0.400. The number of hydrogen-bond acceptors (Lipinski definition) is 4. The fourth-order valence-electron chi connectivity index (χ4n) is 2.46. The molecule has 0 amide bonds. The lowest BCUT2D eigenvalue weighted by Gasteiger charge is -2.09. The minimum absolute atomic E-state index is 0.546. The van der Waals surface area contributed by atoms with Crippen molar-refractivity contribution < 1.29 is 4.79 Å². The number of hydrogen-bond donors (Lipinski definition) is 0. The van der Waals surface area contributed by atoms with Crippen LogP contribution in [0.3, 0.4) is 0 Å². The third-order valence-corrected chi connectivity index (χ3v) is 5.13. The normalized spacial score (nSPS) is 18.0. The van der Waals surface area contributed by atoms with E-state index in [1.807, 2.05) is 6.07 Å². The Balaban J connectivity index is 1.69. The molecule has 1 aromatic heterocycles. The first-order valence-electron chi connectivity index (χ1n) is 7.13. The van der Waals surface area contributed by atoms with Gasteiger partial charge in [-0.15, -0.1) is 10.2 Å². The van der Waals surface area contributed by atoms with Gasteiger partial charge in [0.05, 0.1) is 0 Å². The Morgan fingerprint density at radius 2 is 2.05 bits per heavy atom. The van der Waals surface area contributed by atoms with Crippen molar-refractivity contribution in [3.8, 4) is 0 Å². The second kappa shape index (κ2) is 5.14. The van der Waals surface area contributed by atoms with Crippen LogP contribution in [-0.4, -0.2) is 21.1 Å². The van der Waals surface area contributed by atoms with Crippen molar-refractivity contribution in [1.29, 1.82) is 0 Å². The van der Waals surface area contributed by atoms with Crippen LogP contribution < -0.4 is 0 Å². The van der Waals surface area contributed by atoms with Crippen LogP contribution in [-0.2, 0) is 0 Å². The van der Waals surface area contributed by atoms with E-state index in [2.05, 4.69) is 14.8 Å². The molecule has 0 radical (unpaired) electrons. The van der Waals surface area contributed by atoms with E-state index in [-0.39, 0.29) is 0 Å². The fourth-order valence-corrected chi connectivity index (χ4v) is 3.62. The number of nitrogens with zero attached hydrogens (tertiary/aromatic N) is 3. The molecule has 4 rings (SSSR count). The molecule has 2 aliphatic rings. The van der Waals surface area contributed by atoms with Crippen LogP contribution in [0.1, 0.15) is 53.8 Å². The van der Waals surface area contributed by atoms with E-state index in [9.17, 15) is 4.79 Å². The highest BCUT2D eigenvalue weighted by molar-refractivity contribution is 7.99. The van der Waals surface area contributed by atoms with Crippen LogP contribution in [0.25, 0.3) is 0 Å². The monoisotopic (exact) mass is 319 g/mol. The van der Waals surface area contributed by atoms with Gasteiger partial charge in [-0.3, -0.25) is 4.79 Å². The summed E-state index contributed by atoms with van der Waals surface area (Å²) in [4.78, 5) is 12.1. The Morgan fingerprint density at radius 1 is 1.24 bits per heavy atom. The van der Waals surface area contributed by atoms with Gasteiger partial charge < -0.3 is 4.57 Å². The van der Waals surface area contributed by atoms with E-state index in [4.69, 9.17) is 11.6 Å².